The molecule has 0 aromatic carbocycles. The van der Waals surface area contributed by atoms with Crippen LogP contribution in [0.15, 0.2) is 24.5 Å². The summed E-state index contributed by atoms with van der Waals surface area (Å²) >= 11 is 0. The molecule has 20 heavy (non-hydrogen) atoms. The van der Waals surface area contributed by atoms with E-state index in [1.807, 2.05) is 18.3 Å². The van der Waals surface area contributed by atoms with Crippen molar-refractivity contribution in [2.24, 2.45) is 11.1 Å². The largest absolute Gasteiger partial charge is 0.355 e. The molecule has 0 bridgehead atoms. The number of aromatic nitrogens is 1. The van der Waals surface area contributed by atoms with E-state index in [4.69, 9.17) is 5.73 Å². The monoisotopic (exact) mass is 277 g/mol. The lowest BCUT2D eigenvalue weighted by atomic mass is 9.78. The van der Waals surface area contributed by atoms with E-state index in [0.29, 0.717) is 13.1 Å². The Labute approximate surface area is 122 Å². The third-order valence-corrected chi connectivity index (χ3v) is 3.75. The first-order valence-corrected chi connectivity index (χ1v) is 7.55. The summed E-state index contributed by atoms with van der Waals surface area (Å²) in [4.78, 5) is 16.5. The van der Waals surface area contributed by atoms with Crippen LogP contribution in [0.5, 0.6) is 0 Å². The maximum Gasteiger partial charge on any atom is 0.227 e. The molecule has 1 rings (SSSR count). The van der Waals surface area contributed by atoms with Crippen molar-refractivity contribution < 1.29 is 4.79 Å². The molecule has 0 aliphatic rings. The second kappa shape index (κ2) is 8.69. The number of hydrogen-bond acceptors (Lipinski definition) is 3. The minimum absolute atomic E-state index is 0.104. The Kier molecular flexibility index (Phi) is 7.23. The van der Waals surface area contributed by atoms with Gasteiger partial charge in [-0.25, -0.2) is 0 Å². The smallest absolute Gasteiger partial charge is 0.227 e. The van der Waals surface area contributed by atoms with E-state index in [0.717, 1.165) is 37.7 Å². The summed E-state index contributed by atoms with van der Waals surface area (Å²) in [5, 5.41) is 3.05. The first-order valence-electron chi connectivity index (χ1n) is 7.55. The van der Waals surface area contributed by atoms with Crippen molar-refractivity contribution in [3.8, 4) is 0 Å². The fourth-order valence-corrected chi connectivity index (χ4v) is 2.66. The van der Waals surface area contributed by atoms with Gasteiger partial charge in [-0.05, 0) is 30.9 Å². The van der Waals surface area contributed by atoms with Crippen LogP contribution in [-0.4, -0.2) is 24.0 Å². The van der Waals surface area contributed by atoms with Crippen molar-refractivity contribution in [3.05, 3.63) is 30.1 Å². The van der Waals surface area contributed by atoms with Gasteiger partial charge >= 0.3 is 0 Å². The molecule has 0 saturated heterocycles. The first-order chi connectivity index (χ1) is 9.68. The van der Waals surface area contributed by atoms with Crippen molar-refractivity contribution in [3.63, 3.8) is 0 Å². The van der Waals surface area contributed by atoms with Gasteiger partial charge in [0.25, 0.3) is 0 Å². The van der Waals surface area contributed by atoms with Crippen molar-refractivity contribution >= 4 is 5.91 Å². The number of carbonyl (C=O) groups is 1. The van der Waals surface area contributed by atoms with E-state index >= 15 is 0 Å². The average molecular weight is 277 g/mol. The Balaban J connectivity index is 2.53. The molecular weight excluding hydrogens is 250 g/mol. The Morgan fingerprint density at radius 2 is 2.05 bits per heavy atom. The number of pyridine rings is 1. The minimum Gasteiger partial charge on any atom is -0.355 e. The van der Waals surface area contributed by atoms with Crippen LogP contribution in [0.2, 0.25) is 0 Å². The van der Waals surface area contributed by atoms with Gasteiger partial charge in [-0.15, -0.1) is 0 Å². The molecule has 4 nitrogen and oxygen atoms in total. The van der Waals surface area contributed by atoms with Crippen molar-refractivity contribution in [2.45, 2.75) is 46.0 Å². The van der Waals surface area contributed by atoms with Gasteiger partial charge in [-0.2, -0.15) is 0 Å². The van der Waals surface area contributed by atoms with Gasteiger partial charge in [0.15, 0.2) is 0 Å². The highest BCUT2D eigenvalue weighted by atomic mass is 16.2. The van der Waals surface area contributed by atoms with Crippen LogP contribution in [0.3, 0.4) is 0 Å². The highest BCUT2D eigenvalue weighted by Crippen LogP contribution is 2.28. The number of carbonyl (C=O) groups excluding carboxylic acids is 1. The Hall–Kier alpha value is -1.42. The quantitative estimate of drug-likeness (QED) is 0.727. The molecule has 0 radical (unpaired) electrons. The molecule has 0 fully saturated rings. The molecule has 1 amide bonds. The van der Waals surface area contributed by atoms with Crippen LogP contribution in [0.4, 0.5) is 0 Å². The van der Waals surface area contributed by atoms with E-state index in [1.165, 1.54) is 0 Å². The van der Waals surface area contributed by atoms with Gasteiger partial charge in [0.2, 0.25) is 5.91 Å². The highest BCUT2D eigenvalue weighted by molar-refractivity contribution is 5.82. The maximum absolute atomic E-state index is 12.5. The summed E-state index contributed by atoms with van der Waals surface area (Å²) in [6.45, 7) is 5.26. The van der Waals surface area contributed by atoms with E-state index in [2.05, 4.69) is 24.1 Å². The predicted octanol–water partition coefficient (Wildman–Crippen LogP) is 2.29. The van der Waals surface area contributed by atoms with Gasteiger partial charge in [0.1, 0.15) is 0 Å². The maximum atomic E-state index is 12.5. The van der Waals surface area contributed by atoms with E-state index < -0.39 is 5.41 Å². The second-order valence-corrected chi connectivity index (χ2v) is 5.35. The summed E-state index contributed by atoms with van der Waals surface area (Å²) in [7, 11) is 0. The average Bonchev–Trinajstić information content (AvgIpc) is 2.48. The number of nitrogens with one attached hydrogen (secondary N) is 1. The van der Waals surface area contributed by atoms with Crippen LogP contribution in [0.1, 0.15) is 45.1 Å². The Bertz CT molecular complexity index is 386. The van der Waals surface area contributed by atoms with Crippen LogP contribution in [0, 0.1) is 5.41 Å². The standard InChI is InChI=1S/C16H27N3O/c1-3-8-16(13-17,9-4-2)15(20)19-11-7-14-6-5-10-18-12-14/h5-6,10,12H,3-4,7-9,11,13,17H2,1-2H3,(H,19,20). The van der Waals surface area contributed by atoms with Crippen molar-refractivity contribution in [2.75, 3.05) is 13.1 Å². The van der Waals surface area contributed by atoms with Crippen LogP contribution >= 0.6 is 0 Å². The lowest BCUT2D eigenvalue weighted by molar-refractivity contribution is -0.131. The zero-order valence-electron chi connectivity index (χ0n) is 12.7. The van der Waals surface area contributed by atoms with E-state index in [1.54, 1.807) is 6.20 Å². The van der Waals surface area contributed by atoms with E-state index in [-0.39, 0.29) is 5.91 Å². The van der Waals surface area contributed by atoms with Gasteiger partial charge in [0.05, 0.1) is 5.41 Å². The zero-order valence-corrected chi connectivity index (χ0v) is 12.7. The lowest BCUT2D eigenvalue weighted by Gasteiger charge is -2.30. The van der Waals surface area contributed by atoms with Crippen molar-refractivity contribution in [1.82, 2.24) is 10.3 Å². The van der Waals surface area contributed by atoms with Gasteiger partial charge in [0, 0.05) is 25.5 Å². The van der Waals surface area contributed by atoms with Gasteiger partial charge in [-0.1, -0.05) is 32.8 Å². The predicted molar refractivity (Wildman–Crippen MR) is 82.3 cm³/mol. The van der Waals surface area contributed by atoms with Gasteiger partial charge in [-0.3, -0.25) is 9.78 Å². The molecule has 1 heterocycles. The molecule has 0 aliphatic carbocycles. The SMILES string of the molecule is CCCC(CN)(CCC)C(=O)NCCc1cccnc1. The summed E-state index contributed by atoms with van der Waals surface area (Å²) in [6.07, 6.45) is 8.06. The third kappa shape index (κ3) is 4.60. The normalized spacial score (nSPS) is 11.3. The summed E-state index contributed by atoms with van der Waals surface area (Å²) in [5.74, 6) is 0.104. The highest BCUT2D eigenvalue weighted by Gasteiger charge is 2.34. The Morgan fingerprint density at radius 3 is 2.55 bits per heavy atom. The van der Waals surface area contributed by atoms with Crippen molar-refractivity contribution in [1.29, 1.82) is 0 Å². The molecule has 0 aliphatic heterocycles. The molecule has 1 aromatic rings. The molecular formula is C16H27N3O. The Morgan fingerprint density at radius 1 is 1.35 bits per heavy atom. The number of nitrogens with zero attached hydrogens (tertiary/aromatic N) is 1. The summed E-state index contributed by atoms with van der Waals surface area (Å²) in [5.41, 5.74) is 6.64. The first kappa shape index (κ1) is 16.6. The summed E-state index contributed by atoms with van der Waals surface area (Å²) < 4.78 is 0. The molecule has 0 saturated carbocycles. The zero-order chi connectivity index (χ0) is 14.8. The molecule has 0 spiro atoms. The third-order valence-electron chi connectivity index (χ3n) is 3.75. The minimum atomic E-state index is -0.390. The molecule has 0 atom stereocenters. The molecule has 4 heteroatoms. The van der Waals surface area contributed by atoms with Crippen LogP contribution < -0.4 is 11.1 Å². The number of nitrogens with two attached hydrogens (primary N) is 1. The van der Waals surface area contributed by atoms with E-state index in [9.17, 15) is 4.79 Å². The topological polar surface area (TPSA) is 68.0 Å². The summed E-state index contributed by atoms with van der Waals surface area (Å²) in [6, 6.07) is 3.93. The van der Waals surface area contributed by atoms with Crippen LogP contribution in [0.25, 0.3) is 0 Å². The van der Waals surface area contributed by atoms with Gasteiger partial charge < -0.3 is 11.1 Å². The molecule has 3 N–H and O–H groups in total. The molecule has 1 aromatic heterocycles. The number of rotatable bonds is 9. The molecule has 0 unspecified atom stereocenters. The van der Waals surface area contributed by atoms with Crippen LogP contribution in [-0.2, 0) is 11.2 Å². The number of amides is 1. The fourth-order valence-electron chi connectivity index (χ4n) is 2.66. The second-order valence-electron chi connectivity index (χ2n) is 5.35. The fraction of sp³-hybridized carbons (Fsp3) is 0.625. The lowest BCUT2D eigenvalue weighted by Crippen LogP contribution is -2.46. The molecule has 112 valence electrons. The number of hydrogen-bond donors (Lipinski definition) is 2.